The van der Waals surface area contributed by atoms with E-state index in [0.29, 0.717) is 33.3 Å². The van der Waals surface area contributed by atoms with Crippen molar-refractivity contribution in [1.29, 1.82) is 0 Å². The van der Waals surface area contributed by atoms with Crippen LogP contribution in [0.1, 0.15) is 10.6 Å². The van der Waals surface area contributed by atoms with E-state index >= 15 is 0 Å². The Hall–Kier alpha value is -3.57. The molecule has 2 heterocycles. The molecule has 0 saturated carbocycles. The van der Waals surface area contributed by atoms with Crippen LogP contribution in [0.5, 0.6) is 0 Å². The van der Waals surface area contributed by atoms with Crippen LogP contribution in [-0.4, -0.2) is 10.9 Å². The van der Waals surface area contributed by atoms with E-state index in [0.717, 1.165) is 10.9 Å². The number of nitrogens with one attached hydrogen (secondary N) is 1. The van der Waals surface area contributed by atoms with Crippen LogP contribution >= 0.6 is 11.6 Å². The second-order valence-electron chi connectivity index (χ2n) is 6.28. The van der Waals surface area contributed by atoms with Crippen molar-refractivity contribution in [3.05, 3.63) is 83.6 Å². The number of nitrogens with zero attached hydrogens (tertiary/aromatic N) is 1. The molecule has 0 spiro atoms. The molecular weight excluding hydrogens is 376 g/mol. The highest BCUT2D eigenvalue weighted by molar-refractivity contribution is 6.33. The van der Waals surface area contributed by atoms with E-state index < -0.39 is 0 Å². The van der Waals surface area contributed by atoms with E-state index in [-0.39, 0.29) is 11.7 Å². The molecule has 5 nitrogen and oxygen atoms in total. The van der Waals surface area contributed by atoms with Crippen LogP contribution in [0.2, 0.25) is 5.02 Å². The zero-order valence-electron chi connectivity index (χ0n) is 14.5. The highest BCUT2D eigenvalue weighted by Crippen LogP contribution is 2.32. The van der Waals surface area contributed by atoms with Gasteiger partial charge in [-0.25, -0.2) is 4.98 Å². The summed E-state index contributed by atoms with van der Waals surface area (Å²) in [5.41, 5.74) is 3.24. The van der Waals surface area contributed by atoms with Gasteiger partial charge in [-0.15, -0.1) is 0 Å². The van der Waals surface area contributed by atoms with E-state index in [1.165, 1.54) is 0 Å². The fourth-order valence-corrected chi connectivity index (χ4v) is 3.24. The number of fused-ring (bicyclic) bond motifs is 2. The number of hydrogen-bond donors (Lipinski definition) is 1. The summed E-state index contributed by atoms with van der Waals surface area (Å²) in [6.07, 6.45) is 0. The maximum Gasteiger partial charge on any atom is 0.291 e. The topological polar surface area (TPSA) is 68.3 Å². The summed E-state index contributed by atoms with van der Waals surface area (Å²) in [5, 5.41) is 4.18. The standard InChI is InChI=1S/C22H13ClN2O3/c23-16-10-9-14(12-15(16)22-25-17-6-2-4-8-19(17)28-22)24-21(26)20-11-13-5-1-3-7-18(13)27-20/h1-12H,(H,24,26). The van der Waals surface area contributed by atoms with Crippen LogP contribution in [0.15, 0.2) is 81.6 Å². The minimum atomic E-state index is -0.345. The number of halogens is 1. The summed E-state index contributed by atoms with van der Waals surface area (Å²) >= 11 is 6.33. The van der Waals surface area contributed by atoms with Gasteiger partial charge in [0.05, 0.1) is 10.6 Å². The van der Waals surface area contributed by atoms with Gasteiger partial charge in [0, 0.05) is 11.1 Å². The molecule has 5 rings (SSSR count). The van der Waals surface area contributed by atoms with Gasteiger partial charge in [0.1, 0.15) is 11.1 Å². The predicted octanol–water partition coefficient (Wildman–Crippen LogP) is 6.15. The molecule has 1 N–H and O–H groups in total. The molecule has 0 unspecified atom stereocenters. The number of amides is 1. The third kappa shape index (κ3) is 2.92. The number of aromatic nitrogens is 1. The van der Waals surface area contributed by atoms with Crippen LogP contribution in [0.3, 0.4) is 0 Å². The first-order valence-electron chi connectivity index (χ1n) is 8.63. The van der Waals surface area contributed by atoms with E-state index in [1.54, 1.807) is 24.3 Å². The Balaban J connectivity index is 1.47. The molecule has 3 aromatic carbocycles. The summed E-state index contributed by atoms with van der Waals surface area (Å²) in [6.45, 7) is 0. The minimum Gasteiger partial charge on any atom is -0.451 e. The first kappa shape index (κ1) is 16.6. The second kappa shape index (κ2) is 6.55. The minimum absolute atomic E-state index is 0.236. The van der Waals surface area contributed by atoms with Gasteiger partial charge in [-0.1, -0.05) is 41.9 Å². The monoisotopic (exact) mass is 388 g/mol. The fraction of sp³-hybridized carbons (Fsp3) is 0. The van der Waals surface area contributed by atoms with E-state index in [1.807, 2.05) is 48.5 Å². The third-order valence-corrected chi connectivity index (χ3v) is 4.73. The molecule has 6 heteroatoms. The van der Waals surface area contributed by atoms with Crippen molar-refractivity contribution in [1.82, 2.24) is 4.98 Å². The molecule has 5 aromatic rings. The first-order chi connectivity index (χ1) is 13.7. The summed E-state index contributed by atoms with van der Waals surface area (Å²) in [4.78, 5) is 17.0. The summed E-state index contributed by atoms with van der Waals surface area (Å²) in [5.74, 6) is 0.285. The van der Waals surface area contributed by atoms with Gasteiger partial charge in [-0.2, -0.15) is 0 Å². The maximum atomic E-state index is 12.6. The Labute approximate surface area is 164 Å². The zero-order valence-corrected chi connectivity index (χ0v) is 15.2. The number of benzene rings is 3. The summed E-state index contributed by atoms with van der Waals surface area (Å²) in [6, 6.07) is 21.8. The van der Waals surface area contributed by atoms with Crippen LogP contribution in [0, 0.1) is 0 Å². The molecule has 0 aliphatic rings. The lowest BCUT2D eigenvalue weighted by Gasteiger charge is -2.06. The molecule has 28 heavy (non-hydrogen) atoms. The first-order valence-corrected chi connectivity index (χ1v) is 9.00. The Kier molecular flexibility index (Phi) is 3.88. The zero-order chi connectivity index (χ0) is 19.1. The number of rotatable bonds is 3. The molecular formula is C22H13ClN2O3. The van der Waals surface area contributed by atoms with Crippen molar-refractivity contribution in [3.8, 4) is 11.5 Å². The van der Waals surface area contributed by atoms with Gasteiger partial charge < -0.3 is 14.2 Å². The molecule has 0 fully saturated rings. The van der Waals surface area contributed by atoms with Gasteiger partial charge in [0.25, 0.3) is 5.91 Å². The third-order valence-electron chi connectivity index (χ3n) is 4.40. The Morgan fingerprint density at radius 2 is 1.68 bits per heavy atom. The van der Waals surface area contributed by atoms with Gasteiger partial charge in [-0.05, 0) is 42.5 Å². The van der Waals surface area contributed by atoms with Crippen LogP contribution in [-0.2, 0) is 0 Å². The van der Waals surface area contributed by atoms with Crippen molar-refractivity contribution in [2.45, 2.75) is 0 Å². The van der Waals surface area contributed by atoms with Crippen LogP contribution < -0.4 is 5.32 Å². The normalized spacial score (nSPS) is 11.2. The average Bonchev–Trinajstić information content (AvgIpc) is 3.33. The number of oxazole rings is 1. The Morgan fingerprint density at radius 3 is 2.50 bits per heavy atom. The number of para-hydroxylation sites is 3. The fourth-order valence-electron chi connectivity index (χ4n) is 3.04. The molecule has 0 aliphatic heterocycles. The molecule has 136 valence electrons. The highest BCUT2D eigenvalue weighted by atomic mass is 35.5. The number of hydrogen-bond acceptors (Lipinski definition) is 4. The van der Waals surface area contributed by atoms with E-state index in [9.17, 15) is 4.79 Å². The van der Waals surface area contributed by atoms with E-state index in [4.69, 9.17) is 20.4 Å². The number of anilines is 1. The molecule has 0 bridgehead atoms. The van der Waals surface area contributed by atoms with Crippen molar-refractivity contribution in [2.24, 2.45) is 0 Å². The largest absolute Gasteiger partial charge is 0.451 e. The smallest absolute Gasteiger partial charge is 0.291 e. The molecule has 0 aliphatic carbocycles. The van der Waals surface area contributed by atoms with Crippen molar-refractivity contribution in [2.75, 3.05) is 5.32 Å². The van der Waals surface area contributed by atoms with Gasteiger partial charge in [0.15, 0.2) is 11.3 Å². The van der Waals surface area contributed by atoms with E-state index in [2.05, 4.69) is 10.3 Å². The number of carbonyl (C=O) groups is 1. The van der Waals surface area contributed by atoms with Crippen molar-refractivity contribution >= 4 is 45.3 Å². The van der Waals surface area contributed by atoms with Crippen LogP contribution in [0.25, 0.3) is 33.5 Å². The number of carbonyl (C=O) groups excluding carboxylic acids is 1. The van der Waals surface area contributed by atoms with Crippen molar-refractivity contribution < 1.29 is 13.6 Å². The molecule has 0 radical (unpaired) electrons. The second-order valence-corrected chi connectivity index (χ2v) is 6.69. The lowest BCUT2D eigenvalue weighted by atomic mass is 10.2. The number of furan rings is 1. The lowest BCUT2D eigenvalue weighted by molar-refractivity contribution is 0.0998. The molecule has 1 amide bonds. The van der Waals surface area contributed by atoms with Gasteiger partial charge in [0.2, 0.25) is 5.89 Å². The summed E-state index contributed by atoms with van der Waals surface area (Å²) in [7, 11) is 0. The Morgan fingerprint density at radius 1 is 0.893 bits per heavy atom. The highest BCUT2D eigenvalue weighted by Gasteiger charge is 2.16. The predicted molar refractivity (Wildman–Crippen MR) is 109 cm³/mol. The molecule has 0 saturated heterocycles. The maximum absolute atomic E-state index is 12.6. The molecule has 2 aromatic heterocycles. The van der Waals surface area contributed by atoms with Crippen LogP contribution in [0.4, 0.5) is 5.69 Å². The SMILES string of the molecule is O=C(Nc1ccc(Cl)c(-c2nc3ccccc3o2)c1)c1cc2ccccc2o1. The lowest BCUT2D eigenvalue weighted by Crippen LogP contribution is -2.10. The van der Waals surface area contributed by atoms with Crippen molar-refractivity contribution in [3.63, 3.8) is 0 Å². The average molecular weight is 389 g/mol. The van der Waals surface area contributed by atoms with Gasteiger partial charge in [-0.3, -0.25) is 4.79 Å². The Bertz CT molecular complexity index is 1270. The van der Waals surface area contributed by atoms with Gasteiger partial charge >= 0.3 is 0 Å². The summed E-state index contributed by atoms with van der Waals surface area (Å²) < 4.78 is 11.4. The quantitative estimate of drug-likeness (QED) is 0.402. The molecule has 0 atom stereocenters.